The predicted octanol–water partition coefficient (Wildman–Crippen LogP) is 2.80. The van der Waals surface area contributed by atoms with Crippen molar-refractivity contribution in [2.45, 2.75) is 19.4 Å². The highest BCUT2D eigenvalue weighted by Crippen LogP contribution is 2.22. The fourth-order valence-corrected chi connectivity index (χ4v) is 4.03. The number of aryl methyl sites for hydroxylation is 1. The van der Waals surface area contributed by atoms with Crippen molar-refractivity contribution < 1.29 is 9.32 Å². The zero-order valence-electron chi connectivity index (χ0n) is 16.5. The van der Waals surface area contributed by atoms with Crippen LogP contribution in [0.4, 0.5) is 5.69 Å². The van der Waals surface area contributed by atoms with Crippen LogP contribution in [0.25, 0.3) is 10.7 Å². The van der Waals surface area contributed by atoms with Gasteiger partial charge in [0.2, 0.25) is 17.6 Å². The Morgan fingerprint density at radius 3 is 2.79 bits per heavy atom. The first-order valence-electron chi connectivity index (χ1n) is 9.83. The van der Waals surface area contributed by atoms with Crippen molar-refractivity contribution in [1.82, 2.24) is 20.4 Å². The Bertz CT molecular complexity index is 932. The molecule has 3 heterocycles. The molecule has 0 unspecified atom stereocenters. The number of carbonyl (C=O) groups excluding carboxylic acids is 1. The Balaban J connectivity index is 1.29. The monoisotopic (exact) mass is 411 g/mol. The summed E-state index contributed by atoms with van der Waals surface area (Å²) in [6.07, 6.45) is 0.757. The molecule has 3 aromatic rings. The first-order valence-corrected chi connectivity index (χ1v) is 10.7. The summed E-state index contributed by atoms with van der Waals surface area (Å²) < 4.78 is 5.26. The number of hydrogen-bond donors (Lipinski definition) is 1. The van der Waals surface area contributed by atoms with E-state index < -0.39 is 0 Å². The largest absolute Gasteiger partial charge is 0.369 e. The Morgan fingerprint density at radius 1 is 1.17 bits per heavy atom. The summed E-state index contributed by atoms with van der Waals surface area (Å²) in [5, 5.41) is 8.98. The van der Waals surface area contributed by atoms with E-state index in [2.05, 4.69) is 50.5 Å². The van der Waals surface area contributed by atoms with Crippen molar-refractivity contribution in [3.05, 3.63) is 53.2 Å². The third-order valence-corrected chi connectivity index (χ3v) is 5.95. The molecule has 29 heavy (non-hydrogen) atoms. The van der Waals surface area contributed by atoms with E-state index in [1.54, 1.807) is 11.3 Å². The van der Waals surface area contributed by atoms with Crippen LogP contribution >= 0.6 is 11.3 Å². The van der Waals surface area contributed by atoms with Gasteiger partial charge in [-0.1, -0.05) is 29.4 Å². The molecule has 2 aromatic heterocycles. The van der Waals surface area contributed by atoms with Gasteiger partial charge in [0.15, 0.2) is 0 Å². The number of aromatic nitrogens is 2. The molecule has 0 aliphatic carbocycles. The molecule has 152 valence electrons. The lowest BCUT2D eigenvalue weighted by atomic mass is 10.1. The summed E-state index contributed by atoms with van der Waals surface area (Å²) >= 11 is 1.56. The first-order chi connectivity index (χ1) is 14.2. The van der Waals surface area contributed by atoms with Crippen LogP contribution in [-0.2, 0) is 17.8 Å². The molecule has 7 nitrogen and oxygen atoms in total. The van der Waals surface area contributed by atoms with Gasteiger partial charge in [-0.05, 0) is 30.1 Å². The average molecular weight is 412 g/mol. The summed E-state index contributed by atoms with van der Waals surface area (Å²) in [7, 11) is 2.15. The molecule has 0 spiro atoms. The van der Waals surface area contributed by atoms with Gasteiger partial charge in [-0.25, -0.2) is 0 Å². The van der Waals surface area contributed by atoms with E-state index in [1.165, 1.54) is 5.69 Å². The third-order valence-electron chi connectivity index (χ3n) is 5.09. The molecule has 1 aliphatic rings. The number of piperazine rings is 1. The number of likely N-dealkylation sites (N-methyl/N-ethyl adjacent to an activating group) is 1. The number of thiophene rings is 1. The van der Waals surface area contributed by atoms with E-state index in [9.17, 15) is 4.79 Å². The molecular formula is C21H25N5O2S. The number of nitrogens with one attached hydrogen (secondary N) is 1. The number of benzene rings is 1. The van der Waals surface area contributed by atoms with Crippen molar-refractivity contribution in [3.63, 3.8) is 0 Å². The number of amides is 1. The van der Waals surface area contributed by atoms with Gasteiger partial charge in [0.1, 0.15) is 0 Å². The molecular weight excluding hydrogens is 386 g/mol. The highest BCUT2D eigenvalue weighted by Gasteiger charge is 2.17. The second-order valence-electron chi connectivity index (χ2n) is 7.18. The van der Waals surface area contributed by atoms with Gasteiger partial charge in [0.05, 0.1) is 4.88 Å². The van der Waals surface area contributed by atoms with E-state index in [4.69, 9.17) is 4.52 Å². The van der Waals surface area contributed by atoms with Gasteiger partial charge in [-0.2, -0.15) is 4.98 Å². The fraction of sp³-hybridized carbons (Fsp3) is 0.381. The van der Waals surface area contributed by atoms with Gasteiger partial charge in [0.25, 0.3) is 0 Å². The molecule has 1 aromatic carbocycles. The van der Waals surface area contributed by atoms with E-state index in [1.807, 2.05) is 23.6 Å². The molecule has 0 atom stereocenters. The number of carbonyl (C=O) groups is 1. The maximum Gasteiger partial charge on any atom is 0.227 e. The lowest BCUT2D eigenvalue weighted by Crippen LogP contribution is -2.45. The first kappa shape index (κ1) is 19.6. The number of hydrogen-bond acceptors (Lipinski definition) is 7. The van der Waals surface area contributed by atoms with Crippen LogP contribution in [0, 0.1) is 0 Å². The summed E-state index contributed by atoms with van der Waals surface area (Å²) in [6.45, 7) is 4.64. The normalized spacial score (nSPS) is 14.9. The fourth-order valence-electron chi connectivity index (χ4n) is 3.38. The quantitative estimate of drug-likeness (QED) is 0.644. The van der Waals surface area contributed by atoms with Gasteiger partial charge in [-0.15, -0.1) is 11.3 Å². The van der Waals surface area contributed by atoms with Crippen LogP contribution < -0.4 is 10.2 Å². The number of rotatable bonds is 7. The average Bonchev–Trinajstić information content (AvgIpc) is 3.43. The minimum atomic E-state index is -0.0194. The zero-order chi connectivity index (χ0) is 20.1. The Hall–Kier alpha value is -2.71. The van der Waals surface area contributed by atoms with Crippen molar-refractivity contribution in [3.8, 4) is 10.7 Å². The molecule has 4 rings (SSSR count). The molecule has 8 heteroatoms. The lowest BCUT2D eigenvalue weighted by molar-refractivity contribution is -0.121. The molecule has 1 fully saturated rings. The lowest BCUT2D eigenvalue weighted by Gasteiger charge is -2.35. The second kappa shape index (κ2) is 9.19. The minimum absolute atomic E-state index is 0.0194. The van der Waals surface area contributed by atoms with E-state index in [0.29, 0.717) is 31.1 Å². The maximum absolute atomic E-state index is 12.3. The number of para-hydroxylation sites is 1. The molecule has 0 radical (unpaired) electrons. The highest BCUT2D eigenvalue weighted by atomic mass is 32.1. The standard InChI is InChI=1S/C21H25N5O2S/c1-25-10-12-26(13-11-25)17-6-3-2-5-16(17)15-22-19(27)8-9-20-23-21(24-28-20)18-7-4-14-29-18/h2-7,14H,8-13,15H2,1H3,(H,22,27). The van der Waals surface area contributed by atoms with Crippen LogP contribution in [0.3, 0.4) is 0 Å². The Kier molecular flexibility index (Phi) is 6.21. The molecule has 1 saturated heterocycles. The van der Waals surface area contributed by atoms with Gasteiger partial charge in [-0.3, -0.25) is 4.79 Å². The summed E-state index contributed by atoms with van der Waals surface area (Å²) in [5.74, 6) is 1.05. The van der Waals surface area contributed by atoms with E-state index >= 15 is 0 Å². The molecule has 1 amide bonds. The predicted molar refractivity (Wildman–Crippen MR) is 114 cm³/mol. The zero-order valence-corrected chi connectivity index (χ0v) is 17.3. The van der Waals surface area contributed by atoms with Crippen molar-refractivity contribution in [2.75, 3.05) is 38.1 Å². The van der Waals surface area contributed by atoms with Crippen LogP contribution in [0.1, 0.15) is 17.9 Å². The van der Waals surface area contributed by atoms with Gasteiger partial charge in [0, 0.05) is 51.3 Å². The Labute approximate surface area is 174 Å². The number of nitrogens with zero attached hydrogens (tertiary/aromatic N) is 4. The van der Waals surface area contributed by atoms with E-state index in [-0.39, 0.29) is 5.91 Å². The van der Waals surface area contributed by atoms with Crippen LogP contribution in [-0.4, -0.2) is 54.2 Å². The topological polar surface area (TPSA) is 74.5 Å². The summed E-state index contributed by atoms with van der Waals surface area (Å²) in [5.41, 5.74) is 2.35. The number of anilines is 1. The second-order valence-corrected chi connectivity index (χ2v) is 8.13. The third kappa shape index (κ3) is 5.02. The maximum atomic E-state index is 12.3. The van der Waals surface area contributed by atoms with Crippen molar-refractivity contribution in [1.29, 1.82) is 0 Å². The molecule has 1 N–H and O–H groups in total. The van der Waals surface area contributed by atoms with Crippen LogP contribution in [0.5, 0.6) is 0 Å². The molecule has 0 bridgehead atoms. The highest BCUT2D eigenvalue weighted by molar-refractivity contribution is 7.13. The summed E-state index contributed by atoms with van der Waals surface area (Å²) in [4.78, 5) is 22.4. The van der Waals surface area contributed by atoms with Crippen LogP contribution in [0.15, 0.2) is 46.3 Å². The van der Waals surface area contributed by atoms with Crippen LogP contribution in [0.2, 0.25) is 0 Å². The van der Waals surface area contributed by atoms with Gasteiger partial charge < -0.3 is 19.6 Å². The SMILES string of the molecule is CN1CCN(c2ccccc2CNC(=O)CCc2nc(-c3cccs3)no2)CC1. The van der Waals surface area contributed by atoms with Gasteiger partial charge >= 0.3 is 0 Å². The van der Waals surface area contributed by atoms with Crippen molar-refractivity contribution in [2.24, 2.45) is 0 Å². The molecule has 1 aliphatic heterocycles. The van der Waals surface area contributed by atoms with Crippen molar-refractivity contribution >= 4 is 22.9 Å². The summed E-state index contributed by atoms with van der Waals surface area (Å²) in [6, 6.07) is 12.2. The Morgan fingerprint density at radius 2 is 2.00 bits per heavy atom. The van der Waals surface area contributed by atoms with E-state index in [0.717, 1.165) is 36.6 Å². The molecule has 0 saturated carbocycles. The smallest absolute Gasteiger partial charge is 0.227 e. The minimum Gasteiger partial charge on any atom is -0.369 e.